The lowest BCUT2D eigenvalue weighted by molar-refractivity contribution is -0.113. The molecule has 23 heavy (non-hydrogen) atoms. The molecule has 2 rings (SSSR count). The number of benzene rings is 1. The number of thiophene rings is 1. The van der Waals surface area contributed by atoms with Crippen molar-refractivity contribution in [2.45, 2.75) is 12.8 Å². The number of thioether (sulfide) groups is 1. The highest BCUT2D eigenvalue weighted by Crippen LogP contribution is 2.21. The first-order valence-corrected chi connectivity index (χ1v) is 9.45. The van der Waals surface area contributed by atoms with Crippen molar-refractivity contribution in [1.82, 2.24) is 0 Å². The molecule has 0 aliphatic rings. The van der Waals surface area contributed by atoms with Crippen molar-refractivity contribution in [1.29, 1.82) is 0 Å². The van der Waals surface area contributed by atoms with Gasteiger partial charge in [-0.2, -0.15) is 23.1 Å². The highest BCUT2D eigenvalue weighted by Gasteiger charge is 2.13. The van der Waals surface area contributed by atoms with E-state index in [-0.39, 0.29) is 22.9 Å². The number of carboxylic acid groups (broad SMARTS) is 1. The molecule has 0 saturated carbocycles. The lowest BCUT2D eigenvalue weighted by Crippen LogP contribution is -2.17. The fourth-order valence-electron chi connectivity index (χ4n) is 1.97. The summed E-state index contributed by atoms with van der Waals surface area (Å²) in [6.45, 7) is 0. The minimum Gasteiger partial charge on any atom is -0.478 e. The van der Waals surface area contributed by atoms with Crippen LogP contribution in [0, 0.1) is 0 Å². The Morgan fingerprint density at radius 2 is 2.13 bits per heavy atom. The number of amides is 1. The first-order chi connectivity index (χ1) is 11.1. The molecule has 1 aromatic heterocycles. The van der Waals surface area contributed by atoms with Gasteiger partial charge in [0.2, 0.25) is 5.91 Å². The van der Waals surface area contributed by atoms with Gasteiger partial charge in [-0.1, -0.05) is 11.6 Å². The van der Waals surface area contributed by atoms with Crippen molar-refractivity contribution in [3.8, 4) is 0 Å². The number of hydrogen-bond acceptors (Lipinski definition) is 4. The van der Waals surface area contributed by atoms with Gasteiger partial charge in [0.1, 0.15) is 0 Å². The highest BCUT2D eigenvalue weighted by molar-refractivity contribution is 7.99. The number of anilines is 1. The van der Waals surface area contributed by atoms with Gasteiger partial charge in [-0.05, 0) is 59.2 Å². The van der Waals surface area contributed by atoms with Gasteiger partial charge in [-0.15, -0.1) is 0 Å². The van der Waals surface area contributed by atoms with Gasteiger partial charge in [-0.3, -0.25) is 4.79 Å². The molecule has 0 unspecified atom stereocenters. The summed E-state index contributed by atoms with van der Waals surface area (Å²) in [5, 5.41) is 16.3. The van der Waals surface area contributed by atoms with Gasteiger partial charge >= 0.3 is 5.97 Å². The predicted octanol–water partition coefficient (Wildman–Crippen LogP) is 4.40. The first-order valence-electron chi connectivity index (χ1n) is 6.98. The van der Waals surface area contributed by atoms with Crippen molar-refractivity contribution in [3.05, 3.63) is 51.2 Å². The van der Waals surface area contributed by atoms with E-state index in [4.69, 9.17) is 16.7 Å². The Balaban J connectivity index is 1.76. The van der Waals surface area contributed by atoms with E-state index in [1.807, 2.05) is 0 Å². The molecule has 0 saturated heterocycles. The fraction of sp³-hybridized carbons (Fsp3) is 0.250. The Labute approximate surface area is 147 Å². The quantitative estimate of drug-likeness (QED) is 0.676. The zero-order valence-corrected chi connectivity index (χ0v) is 14.6. The molecular weight excluding hydrogens is 354 g/mol. The van der Waals surface area contributed by atoms with E-state index in [2.05, 4.69) is 22.1 Å². The SMILES string of the molecule is O=C(CSCCCc1ccsc1)Nc1cc(Cl)ccc1C(=O)O. The van der Waals surface area contributed by atoms with Gasteiger partial charge < -0.3 is 10.4 Å². The zero-order valence-electron chi connectivity index (χ0n) is 12.3. The number of hydrogen-bond donors (Lipinski definition) is 2. The molecule has 0 radical (unpaired) electrons. The van der Waals surface area contributed by atoms with Gasteiger partial charge in [0.05, 0.1) is 17.0 Å². The lowest BCUT2D eigenvalue weighted by Gasteiger charge is -2.09. The monoisotopic (exact) mass is 369 g/mol. The number of aromatic carboxylic acids is 1. The average Bonchev–Trinajstić information content (AvgIpc) is 3.00. The Kier molecular flexibility index (Phi) is 6.95. The molecular formula is C16H16ClNO3S2. The molecule has 0 aliphatic heterocycles. The molecule has 0 fully saturated rings. The third-order valence-corrected chi connectivity index (χ3v) is 5.06. The van der Waals surface area contributed by atoms with Crippen molar-refractivity contribution in [2.75, 3.05) is 16.8 Å². The van der Waals surface area contributed by atoms with Crippen molar-refractivity contribution < 1.29 is 14.7 Å². The van der Waals surface area contributed by atoms with E-state index in [1.165, 1.54) is 35.5 Å². The second-order valence-electron chi connectivity index (χ2n) is 4.83. The maximum Gasteiger partial charge on any atom is 0.337 e. The topological polar surface area (TPSA) is 66.4 Å². The van der Waals surface area contributed by atoms with Crippen molar-refractivity contribution >= 4 is 52.3 Å². The zero-order chi connectivity index (χ0) is 16.7. The molecule has 2 N–H and O–H groups in total. The van der Waals surface area contributed by atoms with E-state index < -0.39 is 5.97 Å². The molecule has 4 nitrogen and oxygen atoms in total. The van der Waals surface area contributed by atoms with Gasteiger partial charge in [0.25, 0.3) is 0 Å². The van der Waals surface area contributed by atoms with Crippen LogP contribution in [0.3, 0.4) is 0 Å². The van der Waals surface area contributed by atoms with E-state index >= 15 is 0 Å². The minimum atomic E-state index is -1.10. The van der Waals surface area contributed by atoms with Crippen LogP contribution in [0.2, 0.25) is 5.02 Å². The second kappa shape index (κ2) is 8.96. The summed E-state index contributed by atoms with van der Waals surface area (Å²) in [6.07, 6.45) is 2.02. The Bertz CT molecular complexity index is 674. The number of nitrogens with one attached hydrogen (secondary N) is 1. The third kappa shape index (κ3) is 5.89. The average molecular weight is 370 g/mol. The van der Waals surface area contributed by atoms with Gasteiger partial charge in [0, 0.05) is 5.02 Å². The summed E-state index contributed by atoms with van der Waals surface area (Å²) >= 11 is 9.07. The fourth-order valence-corrected chi connectivity index (χ4v) is 3.60. The Morgan fingerprint density at radius 3 is 2.83 bits per heavy atom. The third-order valence-electron chi connectivity index (χ3n) is 3.05. The standard InChI is InChI=1S/C16H16ClNO3S2/c17-12-3-4-13(16(20)21)14(8-12)18-15(19)10-22-6-1-2-11-5-7-23-9-11/h3-5,7-9H,1-2,6,10H2,(H,18,19)(H,20,21). The molecule has 2 aromatic rings. The van der Waals surface area contributed by atoms with E-state index in [0.717, 1.165) is 18.6 Å². The summed E-state index contributed by atoms with van der Waals surface area (Å²) in [5.41, 5.74) is 1.59. The highest BCUT2D eigenvalue weighted by atomic mass is 35.5. The maximum atomic E-state index is 11.9. The number of aryl methyl sites for hydroxylation is 1. The Morgan fingerprint density at radius 1 is 1.30 bits per heavy atom. The van der Waals surface area contributed by atoms with Crippen LogP contribution in [-0.2, 0) is 11.2 Å². The summed E-state index contributed by atoms with van der Waals surface area (Å²) in [7, 11) is 0. The minimum absolute atomic E-state index is 0.0326. The summed E-state index contributed by atoms with van der Waals surface area (Å²) in [5.74, 6) is -0.157. The van der Waals surface area contributed by atoms with Crippen LogP contribution in [0.25, 0.3) is 0 Å². The normalized spacial score (nSPS) is 10.5. The number of rotatable bonds is 8. The van der Waals surface area contributed by atoms with Crippen LogP contribution in [-0.4, -0.2) is 28.5 Å². The predicted molar refractivity (Wildman–Crippen MR) is 97.0 cm³/mol. The van der Waals surface area contributed by atoms with E-state index in [9.17, 15) is 9.59 Å². The molecule has 0 atom stereocenters. The maximum absolute atomic E-state index is 11.9. The molecule has 1 aromatic carbocycles. The van der Waals surface area contributed by atoms with E-state index in [0.29, 0.717) is 5.02 Å². The van der Waals surface area contributed by atoms with Crippen LogP contribution >= 0.6 is 34.7 Å². The molecule has 7 heteroatoms. The number of carbonyl (C=O) groups is 2. The molecule has 0 aliphatic carbocycles. The van der Waals surface area contributed by atoms with Gasteiger partial charge in [-0.25, -0.2) is 4.79 Å². The van der Waals surface area contributed by atoms with Crippen LogP contribution in [0.1, 0.15) is 22.3 Å². The molecule has 0 bridgehead atoms. The van der Waals surface area contributed by atoms with Crippen LogP contribution in [0.15, 0.2) is 35.0 Å². The summed E-state index contributed by atoms with van der Waals surface area (Å²) in [6, 6.07) is 6.42. The lowest BCUT2D eigenvalue weighted by atomic mass is 10.2. The van der Waals surface area contributed by atoms with Crippen LogP contribution in [0.5, 0.6) is 0 Å². The second-order valence-corrected chi connectivity index (χ2v) is 7.15. The molecule has 122 valence electrons. The molecule has 1 amide bonds. The Hall–Kier alpha value is -1.50. The van der Waals surface area contributed by atoms with Crippen molar-refractivity contribution in [2.24, 2.45) is 0 Å². The van der Waals surface area contributed by atoms with Crippen molar-refractivity contribution in [3.63, 3.8) is 0 Å². The van der Waals surface area contributed by atoms with E-state index in [1.54, 1.807) is 11.3 Å². The number of carbonyl (C=O) groups excluding carboxylic acids is 1. The first kappa shape index (κ1) is 17.8. The summed E-state index contributed by atoms with van der Waals surface area (Å²) < 4.78 is 0. The number of carboxylic acids is 1. The largest absolute Gasteiger partial charge is 0.478 e. The summed E-state index contributed by atoms with van der Waals surface area (Å²) in [4.78, 5) is 23.1. The molecule has 1 heterocycles. The van der Waals surface area contributed by atoms with Crippen LogP contribution in [0.4, 0.5) is 5.69 Å². The van der Waals surface area contributed by atoms with Crippen LogP contribution < -0.4 is 5.32 Å². The number of halogens is 1. The molecule has 0 spiro atoms. The smallest absolute Gasteiger partial charge is 0.337 e. The van der Waals surface area contributed by atoms with Gasteiger partial charge in [0.15, 0.2) is 0 Å².